The average Bonchev–Trinajstić information content (AvgIpc) is 3.28. The van der Waals surface area contributed by atoms with E-state index in [1.54, 1.807) is 24.3 Å². The number of nitrogens with one attached hydrogen (secondary N) is 1. The Morgan fingerprint density at radius 2 is 1.72 bits per heavy atom. The van der Waals surface area contributed by atoms with Crippen molar-refractivity contribution in [3.63, 3.8) is 0 Å². The lowest BCUT2D eigenvalue weighted by atomic mass is 9.85. The minimum absolute atomic E-state index is 0.0578. The Morgan fingerprint density at radius 1 is 1.11 bits per heavy atom. The lowest BCUT2D eigenvalue weighted by molar-refractivity contribution is -0.275. The summed E-state index contributed by atoms with van der Waals surface area (Å²) in [6, 6.07) is 10.0. The first-order chi connectivity index (χ1) is 16.9. The molecule has 12 heteroatoms. The second-order valence-corrected chi connectivity index (χ2v) is 9.00. The molecule has 188 valence electrons. The van der Waals surface area contributed by atoms with Crippen molar-refractivity contribution in [2.45, 2.75) is 31.2 Å². The van der Waals surface area contributed by atoms with Gasteiger partial charge in [-0.2, -0.15) is 13.2 Å². The quantitative estimate of drug-likeness (QED) is 0.331. The molecular weight excluding hydrogens is 525 g/mol. The third kappa shape index (κ3) is 4.35. The summed E-state index contributed by atoms with van der Waals surface area (Å²) in [6.07, 6.45) is -5.73. The molecule has 2 amide bonds. The van der Waals surface area contributed by atoms with Gasteiger partial charge in [0.15, 0.2) is 5.82 Å². The van der Waals surface area contributed by atoms with Crippen LogP contribution in [0.25, 0.3) is 10.8 Å². The molecule has 4 rings (SSSR count). The monoisotopic (exact) mass is 541 g/mol. The van der Waals surface area contributed by atoms with Crippen LogP contribution in [0.15, 0.2) is 53.7 Å². The Hall–Kier alpha value is -3.37. The van der Waals surface area contributed by atoms with Gasteiger partial charge in [0.2, 0.25) is 5.91 Å². The van der Waals surface area contributed by atoms with E-state index in [9.17, 15) is 27.2 Å². The number of halogens is 6. The number of carbonyl (C=O) groups excluding carboxylic acids is 2. The van der Waals surface area contributed by atoms with Crippen molar-refractivity contribution < 1.29 is 32.0 Å². The number of fused-ring (bicyclic) bond motifs is 1. The summed E-state index contributed by atoms with van der Waals surface area (Å²) in [4.78, 5) is 29.1. The maximum absolute atomic E-state index is 14.4. The number of nitrogens with two attached hydrogens (primary N) is 1. The van der Waals surface area contributed by atoms with Crippen LogP contribution < -0.4 is 11.1 Å². The summed E-state index contributed by atoms with van der Waals surface area (Å²) < 4.78 is 57.0. The van der Waals surface area contributed by atoms with Crippen LogP contribution in [0.4, 0.5) is 17.6 Å². The summed E-state index contributed by atoms with van der Waals surface area (Å²) in [5.41, 5.74) is 2.15. The Balaban J connectivity index is 1.77. The van der Waals surface area contributed by atoms with Crippen molar-refractivity contribution in [2.75, 3.05) is 0 Å². The topological polar surface area (TPSA) is 93.8 Å². The SMILES string of the molecule is C[C@@H](NC(=O)c1ccc(C2=NOC(c3cc(Cl)c(F)c(Cl)c3)(C(F)(F)F)C2)c2ccccc12)C(N)=O. The maximum atomic E-state index is 14.4. The number of hydrogen-bond acceptors (Lipinski definition) is 4. The number of hydrogen-bond donors (Lipinski definition) is 2. The number of oxime groups is 1. The molecule has 6 nitrogen and oxygen atoms in total. The molecule has 3 N–H and O–H groups in total. The molecule has 2 atom stereocenters. The lowest BCUT2D eigenvalue weighted by Crippen LogP contribution is -2.42. The van der Waals surface area contributed by atoms with Gasteiger partial charge in [0.25, 0.3) is 11.5 Å². The molecule has 1 unspecified atom stereocenters. The van der Waals surface area contributed by atoms with Crippen LogP contribution in [0.5, 0.6) is 0 Å². The Morgan fingerprint density at radius 3 is 2.31 bits per heavy atom. The van der Waals surface area contributed by atoms with E-state index in [-0.39, 0.29) is 16.8 Å². The van der Waals surface area contributed by atoms with E-state index in [1.165, 1.54) is 19.1 Å². The van der Waals surface area contributed by atoms with Gasteiger partial charge >= 0.3 is 6.18 Å². The summed E-state index contributed by atoms with van der Waals surface area (Å²) in [5, 5.41) is 5.85. The van der Waals surface area contributed by atoms with Gasteiger partial charge < -0.3 is 15.9 Å². The Labute approximate surface area is 212 Å². The van der Waals surface area contributed by atoms with Crippen LogP contribution >= 0.6 is 23.2 Å². The Kier molecular flexibility index (Phi) is 6.61. The molecule has 0 saturated heterocycles. The fourth-order valence-electron chi connectivity index (χ4n) is 3.93. The van der Waals surface area contributed by atoms with Crippen molar-refractivity contribution in [2.24, 2.45) is 10.9 Å². The number of carbonyl (C=O) groups is 2. The minimum Gasteiger partial charge on any atom is -0.374 e. The third-order valence-corrected chi connectivity index (χ3v) is 6.44. The smallest absolute Gasteiger partial charge is 0.374 e. The molecule has 0 bridgehead atoms. The van der Waals surface area contributed by atoms with Gasteiger partial charge in [0.1, 0.15) is 6.04 Å². The molecule has 0 aromatic heterocycles. The summed E-state index contributed by atoms with van der Waals surface area (Å²) in [5.74, 6) is -2.37. The fraction of sp³-hybridized carbons (Fsp3) is 0.208. The lowest BCUT2D eigenvalue weighted by Gasteiger charge is -2.29. The van der Waals surface area contributed by atoms with Gasteiger partial charge in [-0.15, -0.1) is 0 Å². The van der Waals surface area contributed by atoms with Crippen molar-refractivity contribution in [1.29, 1.82) is 0 Å². The van der Waals surface area contributed by atoms with E-state index in [0.717, 1.165) is 12.1 Å². The first kappa shape index (κ1) is 25.7. The summed E-state index contributed by atoms with van der Waals surface area (Å²) >= 11 is 11.5. The van der Waals surface area contributed by atoms with Crippen LogP contribution in [0.1, 0.15) is 34.8 Å². The Bertz CT molecular complexity index is 1400. The largest absolute Gasteiger partial charge is 0.435 e. The molecule has 1 aliphatic rings. The van der Waals surface area contributed by atoms with Crippen molar-refractivity contribution in [1.82, 2.24) is 5.32 Å². The van der Waals surface area contributed by atoms with Crippen LogP contribution in [0.2, 0.25) is 10.0 Å². The highest BCUT2D eigenvalue weighted by molar-refractivity contribution is 6.35. The molecule has 0 saturated carbocycles. The van der Waals surface area contributed by atoms with Crippen LogP contribution in [0, 0.1) is 5.82 Å². The van der Waals surface area contributed by atoms with Crippen LogP contribution in [-0.2, 0) is 15.2 Å². The van der Waals surface area contributed by atoms with Crippen molar-refractivity contribution in [3.8, 4) is 0 Å². The number of alkyl halides is 3. The van der Waals surface area contributed by atoms with Gasteiger partial charge in [0.05, 0.1) is 15.8 Å². The van der Waals surface area contributed by atoms with Crippen molar-refractivity contribution in [3.05, 3.63) is 81.1 Å². The van der Waals surface area contributed by atoms with E-state index in [0.29, 0.717) is 10.8 Å². The van der Waals surface area contributed by atoms with E-state index in [1.807, 2.05) is 0 Å². The molecule has 1 aliphatic heterocycles. The normalized spacial score (nSPS) is 18.5. The third-order valence-electron chi connectivity index (χ3n) is 5.89. The van der Waals surface area contributed by atoms with E-state index in [2.05, 4.69) is 10.5 Å². The number of nitrogens with zero attached hydrogens (tertiary/aromatic N) is 1. The van der Waals surface area contributed by atoms with Gasteiger partial charge in [-0.3, -0.25) is 9.59 Å². The van der Waals surface area contributed by atoms with Gasteiger partial charge in [0, 0.05) is 23.1 Å². The van der Waals surface area contributed by atoms with Crippen molar-refractivity contribution >= 4 is 51.5 Å². The number of primary amides is 1. The van der Waals surface area contributed by atoms with Gasteiger partial charge in [-0.25, -0.2) is 4.39 Å². The van der Waals surface area contributed by atoms with E-state index < -0.39 is 57.5 Å². The molecular formula is C24H17Cl2F4N3O3. The molecule has 0 radical (unpaired) electrons. The van der Waals surface area contributed by atoms with Crippen LogP contribution in [-0.4, -0.2) is 29.7 Å². The fourth-order valence-corrected chi connectivity index (χ4v) is 4.42. The van der Waals surface area contributed by atoms with Gasteiger partial charge in [-0.05, 0) is 35.9 Å². The van der Waals surface area contributed by atoms with Crippen LogP contribution in [0.3, 0.4) is 0 Å². The maximum Gasteiger partial charge on any atom is 0.435 e. The molecule has 3 aromatic carbocycles. The summed E-state index contributed by atoms with van der Waals surface area (Å²) in [7, 11) is 0. The second-order valence-electron chi connectivity index (χ2n) is 8.19. The molecule has 36 heavy (non-hydrogen) atoms. The standard InChI is InChI=1S/C24H17Cl2F4N3O3/c1-11(21(31)34)32-22(35)16-7-6-15(13-4-2-3-5-14(13)16)19-10-23(36-33-19,24(28,29)30)12-8-17(25)20(27)18(26)9-12/h2-9,11H,10H2,1H3,(H2,31,34)(H,32,35)/t11-,23?/m1/s1. The number of amides is 2. The highest BCUT2D eigenvalue weighted by atomic mass is 35.5. The summed E-state index contributed by atoms with van der Waals surface area (Å²) in [6.45, 7) is 1.42. The highest BCUT2D eigenvalue weighted by Crippen LogP contribution is 2.50. The zero-order valence-corrected chi connectivity index (χ0v) is 19.9. The van der Waals surface area contributed by atoms with E-state index >= 15 is 0 Å². The van der Waals surface area contributed by atoms with E-state index in [4.69, 9.17) is 33.8 Å². The number of benzene rings is 3. The molecule has 3 aromatic rings. The first-order valence-corrected chi connectivity index (χ1v) is 11.2. The minimum atomic E-state index is -4.97. The predicted octanol–water partition coefficient (Wildman–Crippen LogP) is 5.47. The van der Waals surface area contributed by atoms with Gasteiger partial charge in [-0.1, -0.05) is 58.7 Å². The molecule has 0 spiro atoms. The second kappa shape index (κ2) is 9.25. The molecule has 0 aliphatic carbocycles. The average molecular weight is 542 g/mol. The zero-order chi connectivity index (χ0) is 26.4. The number of rotatable bonds is 5. The zero-order valence-electron chi connectivity index (χ0n) is 18.4. The highest BCUT2D eigenvalue weighted by Gasteiger charge is 2.62. The molecule has 1 heterocycles. The molecule has 0 fully saturated rings. The predicted molar refractivity (Wildman–Crippen MR) is 126 cm³/mol. The first-order valence-electron chi connectivity index (χ1n) is 10.4.